The highest BCUT2D eigenvalue weighted by Gasteiger charge is 2.06. The predicted octanol–water partition coefficient (Wildman–Crippen LogP) is 2.60. The van der Waals surface area contributed by atoms with E-state index in [4.69, 9.17) is 0 Å². The molecule has 0 fully saturated rings. The molecule has 1 aromatic carbocycles. The Balaban J connectivity index is 2.89. The Morgan fingerprint density at radius 3 is 2.13 bits per heavy atom. The molecule has 0 spiro atoms. The zero-order valence-corrected chi connectivity index (χ0v) is 9.88. The van der Waals surface area contributed by atoms with Crippen molar-refractivity contribution in [2.24, 2.45) is 0 Å². The van der Waals surface area contributed by atoms with Crippen molar-refractivity contribution in [2.75, 3.05) is 11.9 Å². The second-order valence-corrected chi connectivity index (χ2v) is 3.89. The summed E-state index contributed by atoms with van der Waals surface area (Å²) in [6.07, 6.45) is 1.74. The van der Waals surface area contributed by atoms with Gasteiger partial charge in [-0.2, -0.15) is 0 Å². The molecule has 2 nitrogen and oxygen atoms in total. The van der Waals surface area contributed by atoms with E-state index in [1.807, 2.05) is 0 Å². The van der Waals surface area contributed by atoms with Crippen LogP contribution in [0.3, 0.4) is 0 Å². The number of anilines is 1. The van der Waals surface area contributed by atoms with Gasteiger partial charge >= 0.3 is 0 Å². The van der Waals surface area contributed by atoms with Gasteiger partial charge in [0.1, 0.15) is 0 Å². The standard InChI is InChI=1S/C13H21NO/c1-4-11-7-6-8-12(5-2)13(11)14-9-10(3)15/h6-8,10,14-15H,4-5,9H2,1-3H3. The number of rotatable bonds is 5. The van der Waals surface area contributed by atoms with E-state index in [1.54, 1.807) is 6.92 Å². The number of aryl methyl sites for hydroxylation is 2. The SMILES string of the molecule is CCc1cccc(CC)c1NCC(C)O. The van der Waals surface area contributed by atoms with Crippen LogP contribution in [-0.2, 0) is 12.8 Å². The third kappa shape index (κ3) is 3.24. The lowest BCUT2D eigenvalue weighted by molar-refractivity contribution is 0.208. The van der Waals surface area contributed by atoms with Gasteiger partial charge in [-0.1, -0.05) is 32.0 Å². The molecule has 0 aliphatic carbocycles. The molecule has 15 heavy (non-hydrogen) atoms. The summed E-state index contributed by atoms with van der Waals surface area (Å²) < 4.78 is 0. The van der Waals surface area contributed by atoms with E-state index in [2.05, 4.69) is 37.4 Å². The molecule has 2 N–H and O–H groups in total. The van der Waals surface area contributed by atoms with Crippen molar-refractivity contribution < 1.29 is 5.11 Å². The third-order valence-corrected chi connectivity index (χ3v) is 2.57. The first-order chi connectivity index (χ1) is 7.19. The average Bonchev–Trinajstić information content (AvgIpc) is 2.25. The Morgan fingerprint density at radius 1 is 1.20 bits per heavy atom. The minimum Gasteiger partial charge on any atom is -0.392 e. The molecule has 1 aromatic rings. The minimum absolute atomic E-state index is 0.306. The van der Waals surface area contributed by atoms with Crippen molar-refractivity contribution in [2.45, 2.75) is 39.7 Å². The maximum atomic E-state index is 9.28. The maximum Gasteiger partial charge on any atom is 0.0684 e. The molecular weight excluding hydrogens is 186 g/mol. The predicted molar refractivity (Wildman–Crippen MR) is 65.4 cm³/mol. The van der Waals surface area contributed by atoms with Gasteiger partial charge in [0.2, 0.25) is 0 Å². The summed E-state index contributed by atoms with van der Waals surface area (Å²) in [4.78, 5) is 0. The van der Waals surface area contributed by atoms with E-state index < -0.39 is 0 Å². The Kier molecular flexibility index (Phi) is 4.63. The average molecular weight is 207 g/mol. The van der Waals surface area contributed by atoms with Gasteiger partial charge < -0.3 is 10.4 Å². The van der Waals surface area contributed by atoms with Crippen molar-refractivity contribution in [3.05, 3.63) is 29.3 Å². The number of hydrogen-bond acceptors (Lipinski definition) is 2. The van der Waals surface area contributed by atoms with Crippen molar-refractivity contribution in [3.8, 4) is 0 Å². The first kappa shape index (κ1) is 12.1. The topological polar surface area (TPSA) is 32.3 Å². The van der Waals surface area contributed by atoms with Gasteiger partial charge in [0, 0.05) is 12.2 Å². The van der Waals surface area contributed by atoms with Crippen LogP contribution < -0.4 is 5.32 Å². The summed E-state index contributed by atoms with van der Waals surface area (Å²) >= 11 is 0. The van der Waals surface area contributed by atoms with E-state index >= 15 is 0 Å². The van der Waals surface area contributed by atoms with Crippen LogP contribution >= 0.6 is 0 Å². The zero-order valence-electron chi connectivity index (χ0n) is 9.88. The van der Waals surface area contributed by atoms with Crippen molar-refractivity contribution in [3.63, 3.8) is 0 Å². The Hall–Kier alpha value is -1.02. The quantitative estimate of drug-likeness (QED) is 0.778. The number of hydrogen-bond donors (Lipinski definition) is 2. The first-order valence-electron chi connectivity index (χ1n) is 5.71. The highest BCUT2D eigenvalue weighted by atomic mass is 16.3. The summed E-state index contributed by atoms with van der Waals surface area (Å²) in [6.45, 7) is 6.72. The van der Waals surface area contributed by atoms with E-state index in [0.717, 1.165) is 12.8 Å². The largest absolute Gasteiger partial charge is 0.392 e. The fraction of sp³-hybridized carbons (Fsp3) is 0.538. The van der Waals surface area contributed by atoms with Gasteiger partial charge in [-0.05, 0) is 30.9 Å². The lowest BCUT2D eigenvalue weighted by Gasteiger charge is -2.16. The van der Waals surface area contributed by atoms with Crippen molar-refractivity contribution >= 4 is 5.69 Å². The second-order valence-electron chi connectivity index (χ2n) is 3.89. The van der Waals surface area contributed by atoms with E-state index in [1.165, 1.54) is 16.8 Å². The van der Waals surface area contributed by atoms with Gasteiger partial charge in [-0.3, -0.25) is 0 Å². The van der Waals surface area contributed by atoms with E-state index in [-0.39, 0.29) is 6.10 Å². The van der Waals surface area contributed by atoms with Crippen LogP contribution in [0.1, 0.15) is 31.9 Å². The molecule has 1 unspecified atom stereocenters. The van der Waals surface area contributed by atoms with Crippen LogP contribution in [0.25, 0.3) is 0 Å². The Labute approximate surface area is 92.3 Å². The molecule has 2 heteroatoms. The molecule has 1 atom stereocenters. The highest BCUT2D eigenvalue weighted by molar-refractivity contribution is 5.57. The molecule has 0 aromatic heterocycles. The van der Waals surface area contributed by atoms with E-state index in [0.29, 0.717) is 6.54 Å². The molecule has 0 saturated carbocycles. The first-order valence-corrected chi connectivity index (χ1v) is 5.71. The number of aliphatic hydroxyl groups excluding tert-OH is 1. The lowest BCUT2D eigenvalue weighted by atomic mass is 10.0. The molecule has 0 radical (unpaired) electrons. The summed E-state index contributed by atoms with van der Waals surface area (Å²) in [5.74, 6) is 0. The number of aliphatic hydroxyl groups is 1. The smallest absolute Gasteiger partial charge is 0.0684 e. The Morgan fingerprint density at radius 2 is 1.73 bits per heavy atom. The van der Waals surface area contributed by atoms with Crippen LogP contribution in [0, 0.1) is 0 Å². The lowest BCUT2D eigenvalue weighted by Crippen LogP contribution is -2.17. The zero-order chi connectivity index (χ0) is 11.3. The molecule has 0 amide bonds. The number of para-hydroxylation sites is 1. The highest BCUT2D eigenvalue weighted by Crippen LogP contribution is 2.22. The summed E-state index contributed by atoms with van der Waals surface area (Å²) in [5.41, 5.74) is 3.87. The molecule has 0 saturated heterocycles. The van der Waals surface area contributed by atoms with Crippen LogP contribution in [0.5, 0.6) is 0 Å². The second kappa shape index (κ2) is 5.76. The molecule has 84 valence electrons. The fourth-order valence-electron chi connectivity index (χ4n) is 1.72. The van der Waals surface area contributed by atoms with Gasteiger partial charge in [0.25, 0.3) is 0 Å². The van der Waals surface area contributed by atoms with Gasteiger partial charge in [0.15, 0.2) is 0 Å². The number of benzene rings is 1. The van der Waals surface area contributed by atoms with Gasteiger partial charge in [0.05, 0.1) is 6.10 Å². The molecule has 0 heterocycles. The van der Waals surface area contributed by atoms with Gasteiger partial charge in [-0.25, -0.2) is 0 Å². The summed E-state index contributed by atoms with van der Waals surface area (Å²) in [5, 5.41) is 12.6. The van der Waals surface area contributed by atoms with Crippen molar-refractivity contribution in [1.29, 1.82) is 0 Å². The molecular formula is C13H21NO. The molecule has 0 bridgehead atoms. The van der Waals surface area contributed by atoms with Gasteiger partial charge in [-0.15, -0.1) is 0 Å². The molecule has 0 aliphatic heterocycles. The van der Waals surface area contributed by atoms with Crippen LogP contribution in [0.4, 0.5) is 5.69 Å². The number of nitrogens with one attached hydrogen (secondary N) is 1. The fourth-order valence-corrected chi connectivity index (χ4v) is 1.72. The minimum atomic E-state index is -0.306. The van der Waals surface area contributed by atoms with Crippen LogP contribution in [0.2, 0.25) is 0 Å². The molecule has 1 rings (SSSR count). The van der Waals surface area contributed by atoms with Crippen molar-refractivity contribution in [1.82, 2.24) is 0 Å². The summed E-state index contributed by atoms with van der Waals surface area (Å²) in [6, 6.07) is 6.39. The van der Waals surface area contributed by atoms with Crippen LogP contribution in [-0.4, -0.2) is 17.8 Å². The summed E-state index contributed by atoms with van der Waals surface area (Å²) in [7, 11) is 0. The Bertz CT molecular complexity index is 285. The van der Waals surface area contributed by atoms with E-state index in [9.17, 15) is 5.11 Å². The molecule has 0 aliphatic rings. The van der Waals surface area contributed by atoms with Crippen LogP contribution in [0.15, 0.2) is 18.2 Å². The monoisotopic (exact) mass is 207 g/mol. The maximum absolute atomic E-state index is 9.28. The third-order valence-electron chi connectivity index (χ3n) is 2.57. The normalized spacial score (nSPS) is 12.5.